The summed E-state index contributed by atoms with van der Waals surface area (Å²) in [6.07, 6.45) is 3.09. The van der Waals surface area contributed by atoms with Crippen LogP contribution in [0.25, 0.3) is 11.1 Å². The van der Waals surface area contributed by atoms with Crippen LogP contribution in [0.1, 0.15) is 18.9 Å². The number of benzene rings is 2. The van der Waals surface area contributed by atoms with Crippen LogP contribution in [0.5, 0.6) is 5.75 Å². The molecule has 0 radical (unpaired) electrons. The molecule has 1 heterocycles. The predicted octanol–water partition coefficient (Wildman–Crippen LogP) is 3.16. The number of aryl methyl sites for hydroxylation is 1. The van der Waals surface area contributed by atoms with Gasteiger partial charge in [-0.2, -0.15) is 0 Å². The maximum absolute atomic E-state index is 12.1. The van der Waals surface area contributed by atoms with E-state index in [2.05, 4.69) is 4.98 Å². The minimum atomic E-state index is -4.01. The van der Waals surface area contributed by atoms with Crippen LogP contribution in [0.3, 0.4) is 0 Å². The average Bonchev–Trinajstić information content (AvgIpc) is 2.72. The number of rotatable bonds is 8. The second-order valence-corrected chi connectivity index (χ2v) is 8.36. The van der Waals surface area contributed by atoms with E-state index in [0.717, 1.165) is 11.1 Å². The summed E-state index contributed by atoms with van der Waals surface area (Å²) in [7, 11) is -4.01. The summed E-state index contributed by atoms with van der Waals surface area (Å²) in [6.45, 7) is 1.71. The Morgan fingerprint density at radius 2 is 1.83 bits per heavy atom. The summed E-state index contributed by atoms with van der Waals surface area (Å²) in [4.78, 5) is 3.96. The van der Waals surface area contributed by atoms with Gasteiger partial charge in [0, 0.05) is 18.0 Å². The van der Waals surface area contributed by atoms with Gasteiger partial charge in [-0.15, -0.1) is 0 Å². The summed E-state index contributed by atoms with van der Waals surface area (Å²) in [6, 6.07) is 17.9. The van der Waals surface area contributed by atoms with Gasteiger partial charge in [0.05, 0.1) is 6.10 Å². The first-order valence-corrected chi connectivity index (χ1v) is 10.9. The van der Waals surface area contributed by atoms with Crippen LogP contribution in [0.2, 0.25) is 0 Å². The van der Waals surface area contributed by atoms with Crippen molar-refractivity contribution >= 4 is 10.0 Å². The number of aliphatic hydroxyl groups excluding tert-OH is 1. The van der Waals surface area contributed by atoms with Gasteiger partial charge in [-0.3, -0.25) is 4.98 Å². The minimum Gasteiger partial charge on any atom is -0.486 e. The van der Waals surface area contributed by atoms with Crippen molar-refractivity contribution in [1.29, 1.82) is 0 Å². The highest BCUT2D eigenvalue weighted by Crippen LogP contribution is 2.36. The molecule has 0 saturated carbocycles. The molecule has 0 spiro atoms. The van der Waals surface area contributed by atoms with Gasteiger partial charge in [-0.25, -0.2) is 13.6 Å². The Morgan fingerprint density at radius 1 is 1.07 bits per heavy atom. The first-order chi connectivity index (χ1) is 13.9. The summed E-state index contributed by atoms with van der Waals surface area (Å²) in [5, 5.41) is 16.0. The molecule has 0 aliphatic rings. The van der Waals surface area contributed by atoms with E-state index in [1.807, 2.05) is 42.5 Å². The molecule has 3 rings (SSSR count). The molecule has 0 amide bonds. The Kier molecular flexibility index (Phi) is 6.64. The number of nitrogens with zero attached hydrogens (tertiary/aromatic N) is 1. The fourth-order valence-electron chi connectivity index (χ4n) is 3.07. The molecule has 7 heteroatoms. The van der Waals surface area contributed by atoms with Gasteiger partial charge < -0.3 is 9.84 Å². The van der Waals surface area contributed by atoms with E-state index in [4.69, 9.17) is 9.88 Å². The molecular formula is C22H24N2O4S. The van der Waals surface area contributed by atoms with Crippen LogP contribution in [-0.4, -0.2) is 30.7 Å². The fourth-order valence-corrected chi connectivity index (χ4v) is 3.75. The molecular weight excluding hydrogens is 388 g/mol. The van der Waals surface area contributed by atoms with Gasteiger partial charge in [-0.05, 0) is 43.0 Å². The number of hydrogen-bond donors (Lipinski definition) is 2. The number of sulfonamides is 1. The number of ether oxygens (including phenoxy) is 1. The Balaban J connectivity index is 1.86. The Labute approximate surface area is 171 Å². The highest BCUT2D eigenvalue weighted by Gasteiger charge is 2.24. The largest absolute Gasteiger partial charge is 0.486 e. The lowest BCUT2D eigenvalue weighted by atomic mass is 10.0. The normalized spacial score (nSPS) is 13.6. The standard InChI is InChI=1S/C22H24N2O4S/c1-16(20(25)13-12-17-7-6-14-24-15-17)28-22-19(18-8-3-2-4-9-18)10-5-11-21(22)29(23,26)27/h2-11,14-16,20,25H,12-13H2,1H3,(H2,23,26,27). The third-order valence-corrected chi connectivity index (χ3v) is 5.60. The van der Waals surface area contributed by atoms with E-state index >= 15 is 0 Å². The molecule has 2 unspecified atom stereocenters. The topological polar surface area (TPSA) is 103 Å². The first-order valence-electron chi connectivity index (χ1n) is 9.31. The molecule has 3 aromatic rings. The van der Waals surface area contributed by atoms with Crippen molar-refractivity contribution in [3.8, 4) is 16.9 Å². The molecule has 3 N–H and O–H groups in total. The number of nitrogens with two attached hydrogens (primary N) is 1. The van der Waals surface area contributed by atoms with E-state index in [9.17, 15) is 13.5 Å². The van der Waals surface area contributed by atoms with Crippen LogP contribution in [0, 0.1) is 0 Å². The quantitative estimate of drug-likeness (QED) is 0.592. The van der Waals surface area contributed by atoms with E-state index in [1.54, 1.807) is 31.5 Å². The van der Waals surface area contributed by atoms with E-state index < -0.39 is 22.2 Å². The van der Waals surface area contributed by atoms with Crippen LogP contribution >= 0.6 is 0 Å². The summed E-state index contributed by atoms with van der Waals surface area (Å²) in [5.74, 6) is 0.147. The van der Waals surface area contributed by atoms with Gasteiger partial charge in [-0.1, -0.05) is 48.5 Å². The SMILES string of the molecule is CC(Oc1c(-c2ccccc2)cccc1S(N)(=O)=O)C(O)CCc1cccnc1. The molecule has 29 heavy (non-hydrogen) atoms. The first kappa shape index (κ1) is 21.0. The molecule has 0 bridgehead atoms. The van der Waals surface area contributed by atoms with E-state index in [-0.39, 0.29) is 10.6 Å². The lowest BCUT2D eigenvalue weighted by Gasteiger charge is -2.23. The highest BCUT2D eigenvalue weighted by atomic mass is 32.2. The highest BCUT2D eigenvalue weighted by molar-refractivity contribution is 7.89. The van der Waals surface area contributed by atoms with E-state index in [0.29, 0.717) is 18.4 Å². The second kappa shape index (κ2) is 9.17. The molecule has 1 aromatic heterocycles. The maximum atomic E-state index is 12.1. The number of primary sulfonamides is 1. The number of aliphatic hydroxyl groups is 1. The molecule has 0 fully saturated rings. The number of pyridine rings is 1. The molecule has 152 valence electrons. The zero-order valence-corrected chi connectivity index (χ0v) is 16.9. The zero-order valence-electron chi connectivity index (χ0n) is 16.1. The van der Waals surface area contributed by atoms with Crippen molar-refractivity contribution in [3.63, 3.8) is 0 Å². The zero-order chi connectivity index (χ0) is 20.9. The predicted molar refractivity (Wildman–Crippen MR) is 112 cm³/mol. The van der Waals surface area contributed by atoms with Gasteiger partial charge in [0.2, 0.25) is 10.0 Å². The monoisotopic (exact) mass is 412 g/mol. The lowest BCUT2D eigenvalue weighted by molar-refractivity contribution is 0.0407. The maximum Gasteiger partial charge on any atom is 0.241 e. The van der Waals surface area contributed by atoms with Crippen LogP contribution in [0.15, 0.2) is 78.0 Å². The van der Waals surface area contributed by atoms with Crippen molar-refractivity contribution in [2.45, 2.75) is 36.9 Å². The lowest BCUT2D eigenvalue weighted by Crippen LogP contribution is -2.30. The molecule has 0 aliphatic heterocycles. The van der Waals surface area contributed by atoms with Gasteiger partial charge in [0.1, 0.15) is 16.7 Å². The fraction of sp³-hybridized carbons (Fsp3) is 0.227. The van der Waals surface area contributed by atoms with Crippen molar-refractivity contribution in [2.24, 2.45) is 5.14 Å². The van der Waals surface area contributed by atoms with Gasteiger partial charge in [0.25, 0.3) is 0 Å². The number of aromatic nitrogens is 1. The Bertz CT molecular complexity index is 1040. The molecule has 6 nitrogen and oxygen atoms in total. The third kappa shape index (κ3) is 5.41. The Hall–Kier alpha value is -2.74. The summed E-state index contributed by atoms with van der Waals surface area (Å²) in [5.41, 5.74) is 2.40. The van der Waals surface area contributed by atoms with Crippen molar-refractivity contribution in [2.75, 3.05) is 0 Å². The van der Waals surface area contributed by atoms with E-state index in [1.165, 1.54) is 6.07 Å². The summed E-state index contributed by atoms with van der Waals surface area (Å²) < 4.78 is 30.2. The average molecular weight is 413 g/mol. The van der Waals surface area contributed by atoms with Gasteiger partial charge >= 0.3 is 0 Å². The minimum absolute atomic E-state index is 0.106. The third-order valence-electron chi connectivity index (χ3n) is 4.67. The van der Waals surface area contributed by atoms with Crippen LogP contribution in [0.4, 0.5) is 0 Å². The number of hydrogen-bond acceptors (Lipinski definition) is 5. The second-order valence-electron chi connectivity index (χ2n) is 6.83. The van der Waals surface area contributed by atoms with Crippen LogP contribution in [-0.2, 0) is 16.4 Å². The Morgan fingerprint density at radius 3 is 2.48 bits per heavy atom. The molecule has 2 aromatic carbocycles. The van der Waals surface area contributed by atoms with Crippen molar-refractivity contribution in [1.82, 2.24) is 4.98 Å². The summed E-state index contributed by atoms with van der Waals surface area (Å²) >= 11 is 0. The van der Waals surface area contributed by atoms with Crippen LogP contribution < -0.4 is 9.88 Å². The molecule has 0 aliphatic carbocycles. The van der Waals surface area contributed by atoms with Gasteiger partial charge in [0.15, 0.2) is 0 Å². The van der Waals surface area contributed by atoms with Crippen molar-refractivity contribution in [3.05, 3.63) is 78.6 Å². The molecule has 2 atom stereocenters. The smallest absolute Gasteiger partial charge is 0.241 e. The molecule has 0 saturated heterocycles. The number of para-hydroxylation sites is 1. The van der Waals surface area contributed by atoms with Crippen molar-refractivity contribution < 1.29 is 18.3 Å².